The molecule has 2 aromatic carbocycles. The minimum Gasteiger partial charge on any atom is -0.335 e. The van der Waals surface area contributed by atoms with Crippen molar-refractivity contribution in [3.8, 4) is 11.3 Å². The first-order chi connectivity index (χ1) is 20.1. The summed E-state index contributed by atoms with van der Waals surface area (Å²) in [5, 5.41) is 2.39. The van der Waals surface area contributed by atoms with Crippen LogP contribution in [0.5, 0.6) is 0 Å². The number of hydrogen-bond donors (Lipinski definition) is 2. The fourth-order valence-corrected chi connectivity index (χ4v) is 6.94. The van der Waals surface area contributed by atoms with Gasteiger partial charge >= 0.3 is 10.2 Å². The van der Waals surface area contributed by atoms with Crippen molar-refractivity contribution in [2.45, 2.75) is 57.4 Å². The molecule has 3 amide bonds. The van der Waals surface area contributed by atoms with Crippen molar-refractivity contribution in [3.63, 3.8) is 0 Å². The number of aromatic nitrogens is 1. The molecule has 0 atom stereocenters. The fraction of sp³-hybridized carbons (Fsp3) is 0.387. The quantitative estimate of drug-likeness (QED) is 0.467. The van der Waals surface area contributed by atoms with Crippen LogP contribution in [0.4, 0.5) is 0 Å². The molecule has 3 aliphatic rings. The zero-order valence-corrected chi connectivity index (χ0v) is 24.7. The molecule has 220 valence electrons. The van der Waals surface area contributed by atoms with Crippen LogP contribution in [0.3, 0.4) is 0 Å². The van der Waals surface area contributed by atoms with Gasteiger partial charge < -0.3 is 4.57 Å². The van der Waals surface area contributed by atoms with E-state index in [1.807, 2.05) is 30.3 Å². The number of amides is 3. The van der Waals surface area contributed by atoms with Crippen LogP contribution in [0, 0.1) is 0 Å². The number of benzene rings is 2. The largest absolute Gasteiger partial charge is 0.335 e. The van der Waals surface area contributed by atoms with Gasteiger partial charge in [-0.1, -0.05) is 49.6 Å². The molecular formula is C31H35N5O5S. The van der Waals surface area contributed by atoms with E-state index in [1.54, 1.807) is 12.1 Å². The van der Waals surface area contributed by atoms with Crippen LogP contribution in [0.15, 0.2) is 48.0 Å². The van der Waals surface area contributed by atoms with Crippen molar-refractivity contribution in [1.29, 1.82) is 0 Å². The molecule has 6 rings (SSSR count). The average Bonchev–Trinajstić information content (AvgIpc) is 3.19. The van der Waals surface area contributed by atoms with Crippen molar-refractivity contribution >= 4 is 44.9 Å². The van der Waals surface area contributed by atoms with Gasteiger partial charge in [-0.3, -0.25) is 24.8 Å². The standard InChI is InChI=1S/C31H35N5O5S/c1-34(2)42(40,41)33-30(38)22-14-15-25-26(18-22)35-19-23(31(39)36-16-8-13-27(37)32-36)17-21-11-6-7-12-24(21)29(35)28(25)20-9-4-3-5-10-20/h6-7,11-12,14-15,17-18,20H,3-5,8-10,13,16,19H2,1-2H3,(H,32,37)(H,33,38). The number of hydrogen-bond acceptors (Lipinski definition) is 5. The summed E-state index contributed by atoms with van der Waals surface area (Å²) in [6, 6.07) is 13.3. The van der Waals surface area contributed by atoms with E-state index in [-0.39, 0.29) is 23.9 Å². The highest BCUT2D eigenvalue weighted by Crippen LogP contribution is 2.46. The van der Waals surface area contributed by atoms with Gasteiger partial charge in [-0.05, 0) is 54.5 Å². The van der Waals surface area contributed by atoms with Gasteiger partial charge in [-0.2, -0.15) is 12.7 Å². The number of nitrogens with one attached hydrogen (secondary N) is 2. The zero-order chi connectivity index (χ0) is 29.6. The van der Waals surface area contributed by atoms with Crippen molar-refractivity contribution in [2.75, 3.05) is 20.6 Å². The lowest BCUT2D eigenvalue weighted by Crippen LogP contribution is -2.50. The van der Waals surface area contributed by atoms with Crippen LogP contribution < -0.4 is 10.1 Å². The molecular weight excluding hydrogens is 554 g/mol. The number of fused-ring (bicyclic) bond motifs is 5. The molecule has 0 spiro atoms. The third-order valence-electron chi connectivity index (χ3n) is 8.52. The molecule has 0 unspecified atom stereocenters. The third-order valence-corrected chi connectivity index (χ3v) is 9.93. The van der Waals surface area contributed by atoms with E-state index in [0.29, 0.717) is 30.9 Å². The third kappa shape index (κ3) is 5.11. The number of hydrazine groups is 1. The monoisotopic (exact) mass is 589 g/mol. The smallest absolute Gasteiger partial charge is 0.303 e. The zero-order valence-electron chi connectivity index (χ0n) is 23.9. The predicted octanol–water partition coefficient (Wildman–Crippen LogP) is 3.94. The first kappa shape index (κ1) is 28.2. The van der Waals surface area contributed by atoms with E-state index >= 15 is 0 Å². The summed E-state index contributed by atoms with van der Waals surface area (Å²) in [4.78, 5) is 39.0. The Morgan fingerprint density at radius 3 is 2.52 bits per heavy atom. The van der Waals surface area contributed by atoms with Crippen LogP contribution in [-0.4, -0.2) is 60.7 Å². The highest BCUT2D eigenvalue weighted by atomic mass is 32.2. The second-order valence-electron chi connectivity index (χ2n) is 11.5. The van der Waals surface area contributed by atoms with Crippen LogP contribution in [-0.2, 0) is 26.3 Å². The maximum atomic E-state index is 13.8. The van der Waals surface area contributed by atoms with Gasteiger partial charge in [0.25, 0.3) is 11.8 Å². The van der Waals surface area contributed by atoms with E-state index in [4.69, 9.17) is 0 Å². The summed E-state index contributed by atoms with van der Waals surface area (Å²) in [5.41, 5.74) is 8.34. The Bertz CT molecular complexity index is 1730. The predicted molar refractivity (Wildman–Crippen MR) is 160 cm³/mol. The fourth-order valence-electron chi connectivity index (χ4n) is 6.40. The molecule has 11 heteroatoms. The molecule has 0 radical (unpaired) electrons. The molecule has 3 heterocycles. The molecule has 0 bridgehead atoms. The maximum absolute atomic E-state index is 13.8. The molecule has 42 heavy (non-hydrogen) atoms. The Kier molecular flexibility index (Phi) is 7.40. The highest BCUT2D eigenvalue weighted by molar-refractivity contribution is 7.87. The van der Waals surface area contributed by atoms with Crippen molar-refractivity contribution in [3.05, 3.63) is 64.7 Å². The van der Waals surface area contributed by atoms with Crippen molar-refractivity contribution in [2.24, 2.45) is 0 Å². The minimum atomic E-state index is -3.98. The SMILES string of the molecule is CN(C)S(=O)(=O)NC(=O)c1ccc2c(C3CCCCC3)c3n(c2c1)CC(C(=O)N1CCCC(=O)N1)=Cc1ccccc1-3. The second kappa shape index (κ2) is 11.0. The number of carbonyl (C=O) groups is 3. The number of carbonyl (C=O) groups excluding carboxylic acids is 3. The van der Waals surface area contributed by atoms with Crippen molar-refractivity contribution < 1.29 is 22.8 Å². The lowest BCUT2D eigenvalue weighted by Gasteiger charge is -2.28. The normalized spacial score (nSPS) is 17.7. The summed E-state index contributed by atoms with van der Waals surface area (Å²) in [6.45, 7) is 0.667. The van der Waals surface area contributed by atoms with Gasteiger partial charge in [0.05, 0.1) is 12.2 Å². The molecule has 2 aliphatic heterocycles. The summed E-state index contributed by atoms with van der Waals surface area (Å²) >= 11 is 0. The van der Waals surface area contributed by atoms with Crippen LogP contribution >= 0.6 is 0 Å². The Labute approximate surface area is 245 Å². The molecule has 10 nitrogen and oxygen atoms in total. The molecule has 1 aliphatic carbocycles. The van der Waals surface area contributed by atoms with E-state index in [0.717, 1.165) is 57.7 Å². The Hall–Kier alpha value is -3.96. The van der Waals surface area contributed by atoms with E-state index in [9.17, 15) is 22.8 Å². The summed E-state index contributed by atoms with van der Waals surface area (Å²) in [6.07, 6.45) is 8.47. The van der Waals surface area contributed by atoms with Gasteiger partial charge in [0.2, 0.25) is 5.91 Å². The van der Waals surface area contributed by atoms with Gasteiger partial charge in [0, 0.05) is 54.7 Å². The summed E-state index contributed by atoms with van der Waals surface area (Å²) in [7, 11) is -1.26. The van der Waals surface area contributed by atoms with Gasteiger partial charge in [-0.15, -0.1) is 0 Å². The first-order valence-electron chi connectivity index (χ1n) is 14.5. The van der Waals surface area contributed by atoms with E-state index < -0.39 is 16.1 Å². The number of nitrogens with zero attached hydrogens (tertiary/aromatic N) is 3. The topological polar surface area (TPSA) is 121 Å². The van der Waals surface area contributed by atoms with Gasteiger partial charge in [-0.25, -0.2) is 4.72 Å². The van der Waals surface area contributed by atoms with Gasteiger partial charge in [0.1, 0.15) is 0 Å². The van der Waals surface area contributed by atoms with Crippen molar-refractivity contribution in [1.82, 2.24) is 24.0 Å². The number of rotatable bonds is 5. The molecule has 2 N–H and O–H groups in total. The van der Waals surface area contributed by atoms with Crippen LogP contribution in [0.25, 0.3) is 28.2 Å². The highest BCUT2D eigenvalue weighted by Gasteiger charge is 2.32. The Morgan fingerprint density at radius 1 is 1.02 bits per heavy atom. The summed E-state index contributed by atoms with van der Waals surface area (Å²) in [5.74, 6) is -0.854. The Balaban J connectivity index is 1.53. The van der Waals surface area contributed by atoms with Crippen LogP contribution in [0.2, 0.25) is 0 Å². The minimum absolute atomic E-state index is 0.181. The van der Waals surface area contributed by atoms with E-state index in [2.05, 4.69) is 20.8 Å². The lowest BCUT2D eigenvalue weighted by atomic mass is 9.81. The molecule has 2 fully saturated rings. The molecule has 1 saturated carbocycles. The second-order valence-corrected chi connectivity index (χ2v) is 13.4. The lowest BCUT2D eigenvalue weighted by molar-refractivity contribution is -0.141. The first-order valence-corrected chi connectivity index (χ1v) is 15.9. The van der Waals surface area contributed by atoms with Crippen LogP contribution in [0.1, 0.15) is 72.3 Å². The van der Waals surface area contributed by atoms with E-state index in [1.165, 1.54) is 31.1 Å². The molecule has 1 aromatic heterocycles. The summed E-state index contributed by atoms with van der Waals surface area (Å²) < 4.78 is 30.0. The van der Waals surface area contributed by atoms with Gasteiger partial charge in [0.15, 0.2) is 0 Å². The maximum Gasteiger partial charge on any atom is 0.303 e. The average molecular weight is 590 g/mol. The Morgan fingerprint density at radius 2 is 1.79 bits per heavy atom. The molecule has 3 aromatic rings. The molecule has 1 saturated heterocycles.